The largest absolute Gasteiger partial charge is 0.329 e. The molecule has 0 amide bonds. The fourth-order valence-electron chi connectivity index (χ4n) is 1.66. The molecule has 0 fully saturated rings. The lowest BCUT2D eigenvalue weighted by Gasteiger charge is -2.06. The van der Waals surface area contributed by atoms with Gasteiger partial charge in [0.05, 0.1) is 5.52 Å². The lowest BCUT2D eigenvalue weighted by Crippen LogP contribution is -2.05. The Kier molecular flexibility index (Phi) is 2.61. The van der Waals surface area contributed by atoms with E-state index in [0.717, 1.165) is 28.2 Å². The minimum Gasteiger partial charge on any atom is -0.329 e. The van der Waals surface area contributed by atoms with E-state index in [1.165, 1.54) is 0 Å². The van der Waals surface area contributed by atoms with Crippen molar-refractivity contribution >= 4 is 23.4 Å². The summed E-state index contributed by atoms with van der Waals surface area (Å²) in [6.45, 7) is 7.26. The SMILES string of the molecule is Cc1ccc2[nH]c(=S)n(CC(C)C)c2n1. The quantitative estimate of drug-likeness (QED) is 0.791. The Hall–Kier alpha value is -1.16. The van der Waals surface area contributed by atoms with E-state index < -0.39 is 0 Å². The van der Waals surface area contributed by atoms with Crippen molar-refractivity contribution in [2.75, 3.05) is 0 Å². The van der Waals surface area contributed by atoms with Gasteiger partial charge in [0.15, 0.2) is 10.4 Å². The van der Waals surface area contributed by atoms with E-state index in [1.54, 1.807) is 0 Å². The van der Waals surface area contributed by atoms with Gasteiger partial charge in [-0.3, -0.25) is 0 Å². The van der Waals surface area contributed by atoms with Crippen LogP contribution >= 0.6 is 12.2 Å². The van der Waals surface area contributed by atoms with Gasteiger partial charge in [-0.15, -0.1) is 0 Å². The van der Waals surface area contributed by atoms with E-state index in [-0.39, 0.29) is 0 Å². The minimum atomic E-state index is 0.568. The maximum absolute atomic E-state index is 5.28. The molecule has 0 atom stereocenters. The summed E-state index contributed by atoms with van der Waals surface area (Å²) in [5.74, 6) is 0.568. The fourth-order valence-corrected chi connectivity index (χ4v) is 1.93. The number of fused-ring (bicyclic) bond motifs is 1. The highest BCUT2D eigenvalue weighted by Gasteiger charge is 2.06. The number of pyridine rings is 1. The van der Waals surface area contributed by atoms with E-state index in [2.05, 4.69) is 28.4 Å². The van der Waals surface area contributed by atoms with Crippen LogP contribution in [-0.2, 0) is 6.54 Å². The number of aromatic nitrogens is 3. The van der Waals surface area contributed by atoms with Crippen LogP contribution in [0, 0.1) is 17.6 Å². The van der Waals surface area contributed by atoms with Crippen LogP contribution < -0.4 is 0 Å². The number of hydrogen-bond donors (Lipinski definition) is 1. The zero-order valence-electron chi connectivity index (χ0n) is 9.24. The van der Waals surface area contributed by atoms with Gasteiger partial charge in [-0.05, 0) is 37.2 Å². The lowest BCUT2D eigenvalue weighted by molar-refractivity contribution is 0.526. The van der Waals surface area contributed by atoms with Crippen LogP contribution in [0.5, 0.6) is 0 Å². The second-order valence-electron chi connectivity index (χ2n) is 4.26. The second kappa shape index (κ2) is 3.77. The van der Waals surface area contributed by atoms with Crippen molar-refractivity contribution in [2.45, 2.75) is 27.3 Å². The molecule has 2 heterocycles. The standard InChI is InChI=1S/C11H15N3S/c1-7(2)6-14-10-9(13-11(14)15)5-4-8(3)12-10/h4-5,7H,6H2,1-3H3,(H,13,15). The first-order chi connectivity index (χ1) is 7.08. The van der Waals surface area contributed by atoms with Gasteiger partial charge in [-0.25, -0.2) is 4.98 Å². The molecule has 0 saturated carbocycles. The number of aromatic amines is 1. The molecule has 3 nitrogen and oxygen atoms in total. The van der Waals surface area contributed by atoms with Gasteiger partial charge in [-0.2, -0.15) is 0 Å². The zero-order valence-corrected chi connectivity index (χ0v) is 10.1. The van der Waals surface area contributed by atoms with Crippen molar-refractivity contribution in [3.63, 3.8) is 0 Å². The Balaban J connectivity index is 2.65. The van der Waals surface area contributed by atoms with Gasteiger partial charge in [0.1, 0.15) is 0 Å². The van der Waals surface area contributed by atoms with Crippen LogP contribution in [0.3, 0.4) is 0 Å². The molecule has 1 N–H and O–H groups in total. The Morgan fingerprint density at radius 2 is 2.20 bits per heavy atom. The summed E-state index contributed by atoms with van der Waals surface area (Å²) >= 11 is 5.28. The molecule has 0 aliphatic carbocycles. The zero-order chi connectivity index (χ0) is 11.0. The van der Waals surface area contributed by atoms with Gasteiger partial charge < -0.3 is 9.55 Å². The van der Waals surface area contributed by atoms with Crippen LogP contribution in [0.2, 0.25) is 0 Å². The number of rotatable bonds is 2. The molecule has 0 radical (unpaired) electrons. The number of nitrogens with zero attached hydrogens (tertiary/aromatic N) is 2. The molecule has 80 valence electrons. The summed E-state index contributed by atoms with van der Waals surface area (Å²) in [5, 5.41) is 0. The third-order valence-corrected chi connectivity index (χ3v) is 2.63. The molecular formula is C11H15N3S. The molecule has 0 unspecified atom stereocenters. The molecule has 2 aromatic heterocycles. The molecule has 0 aliphatic rings. The second-order valence-corrected chi connectivity index (χ2v) is 4.65. The van der Waals surface area contributed by atoms with Gasteiger partial charge in [0.25, 0.3) is 0 Å². The van der Waals surface area contributed by atoms with E-state index in [9.17, 15) is 0 Å². The van der Waals surface area contributed by atoms with Crippen molar-refractivity contribution < 1.29 is 0 Å². The van der Waals surface area contributed by atoms with E-state index >= 15 is 0 Å². The summed E-state index contributed by atoms with van der Waals surface area (Å²) in [6, 6.07) is 4.03. The van der Waals surface area contributed by atoms with E-state index in [1.807, 2.05) is 19.1 Å². The van der Waals surface area contributed by atoms with Crippen LogP contribution in [0.4, 0.5) is 0 Å². The van der Waals surface area contributed by atoms with Crippen LogP contribution in [0.25, 0.3) is 11.2 Å². The summed E-state index contributed by atoms with van der Waals surface area (Å²) in [6.07, 6.45) is 0. The first-order valence-corrected chi connectivity index (χ1v) is 5.55. The maximum atomic E-state index is 5.28. The lowest BCUT2D eigenvalue weighted by atomic mass is 10.2. The number of imidazole rings is 1. The number of nitrogens with one attached hydrogen (secondary N) is 1. The fraction of sp³-hybridized carbons (Fsp3) is 0.455. The van der Waals surface area contributed by atoms with E-state index in [4.69, 9.17) is 12.2 Å². The van der Waals surface area contributed by atoms with Crippen LogP contribution in [-0.4, -0.2) is 14.5 Å². The highest BCUT2D eigenvalue weighted by atomic mass is 32.1. The molecule has 2 aromatic rings. The number of H-pyrrole nitrogens is 1. The van der Waals surface area contributed by atoms with Gasteiger partial charge >= 0.3 is 0 Å². The topological polar surface area (TPSA) is 33.6 Å². The predicted molar refractivity (Wildman–Crippen MR) is 64.5 cm³/mol. The Morgan fingerprint density at radius 3 is 2.87 bits per heavy atom. The molecule has 0 aromatic carbocycles. The first kappa shape index (κ1) is 10.4. The Bertz CT molecular complexity index is 536. The normalized spacial score (nSPS) is 11.5. The average Bonchev–Trinajstić information content (AvgIpc) is 2.43. The third kappa shape index (κ3) is 1.95. The predicted octanol–water partition coefficient (Wildman–Crippen LogP) is 3.06. The van der Waals surface area contributed by atoms with Crippen molar-refractivity contribution in [2.24, 2.45) is 5.92 Å². The Morgan fingerprint density at radius 1 is 1.47 bits per heavy atom. The maximum Gasteiger partial charge on any atom is 0.179 e. The van der Waals surface area contributed by atoms with Crippen LogP contribution in [0.15, 0.2) is 12.1 Å². The summed E-state index contributed by atoms with van der Waals surface area (Å²) in [4.78, 5) is 7.69. The highest BCUT2D eigenvalue weighted by molar-refractivity contribution is 7.71. The highest BCUT2D eigenvalue weighted by Crippen LogP contribution is 2.14. The molecule has 2 rings (SSSR count). The van der Waals surface area contributed by atoms with E-state index in [0.29, 0.717) is 5.92 Å². The first-order valence-electron chi connectivity index (χ1n) is 5.14. The monoisotopic (exact) mass is 221 g/mol. The molecule has 0 saturated heterocycles. The van der Waals surface area contributed by atoms with Crippen molar-refractivity contribution in [1.29, 1.82) is 0 Å². The molecule has 15 heavy (non-hydrogen) atoms. The van der Waals surface area contributed by atoms with Gasteiger partial charge in [0, 0.05) is 12.2 Å². The molecular weight excluding hydrogens is 206 g/mol. The molecule has 0 aliphatic heterocycles. The van der Waals surface area contributed by atoms with Crippen molar-refractivity contribution in [3.05, 3.63) is 22.6 Å². The van der Waals surface area contributed by atoms with Crippen molar-refractivity contribution in [3.8, 4) is 0 Å². The molecule has 0 bridgehead atoms. The number of aryl methyl sites for hydroxylation is 1. The van der Waals surface area contributed by atoms with Crippen LogP contribution in [0.1, 0.15) is 19.5 Å². The summed E-state index contributed by atoms with van der Waals surface area (Å²) in [7, 11) is 0. The summed E-state index contributed by atoms with van der Waals surface area (Å²) in [5.41, 5.74) is 3.01. The minimum absolute atomic E-state index is 0.568. The van der Waals surface area contributed by atoms with Gasteiger partial charge in [-0.1, -0.05) is 13.8 Å². The average molecular weight is 221 g/mol. The number of hydrogen-bond acceptors (Lipinski definition) is 2. The van der Waals surface area contributed by atoms with Gasteiger partial charge in [0.2, 0.25) is 0 Å². The smallest absolute Gasteiger partial charge is 0.179 e. The molecule has 0 spiro atoms. The Labute approximate surface area is 94.2 Å². The third-order valence-electron chi connectivity index (χ3n) is 2.30. The summed E-state index contributed by atoms with van der Waals surface area (Å²) < 4.78 is 2.83. The van der Waals surface area contributed by atoms with Crippen molar-refractivity contribution in [1.82, 2.24) is 14.5 Å². The molecule has 4 heteroatoms.